The lowest BCUT2D eigenvalue weighted by Crippen LogP contribution is -2.22. The van der Waals surface area contributed by atoms with Crippen LogP contribution in [0.1, 0.15) is 11.7 Å². The quantitative estimate of drug-likeness (QED) is 0.768. The molecule has 1 aromatic rings. The molecule has 0 amide bonds. The standard InChI is InChI=1S/C10H11ClO4/c1-15-7-4-2-6(3-5-7)9(12)8(11)10(13)14/h2-5,8-9,12H,1H3,(H,13,14). The Kier molecular flexibility index (Phi) is 3.94. The number of carboxylic acid groups (broad SMARTS) is 1. The number of halogens is 1. The molecule has 0 heterocycles. The van der Waals surface area contributed by atoms with Gasteiger partial charge in [-0.1, -0.05) is 12.1 Å². The molecule has 1 aromatic carbocycles. The van der Waals surface area contributed by atoms with Crippen LogP contribution in [-0.4, -0.2) is 28.7 Å². The fourth-order valence-electron chi connectivity index (χ4n) is 1.11. The Morgan fingerprint density at radius 3 is 2.33 bits per heavy atom. The summed E-state index contributed by atoms with van der Waals surface area (Å²) in [5.74, 6) is -0.618. The molecular formula is C10H11ClO4. The number of aliphatic hydroxyl groups is 1. The summed E-state index contributed by atoms with van der Waals surface area (Å²) < 4.78 is 4.93. The zero-order chi connectivity index (χ0) is 11.4. The molecule has 2 unspecified atom stereocenters. The van der Waals surface area contributed by atoms with Crippen LogP contribution < -0.4 is 4.74 Å². The van der Waals surface area contributed by atoms with Crippen molar-refractivity contribution in [3.63, 3.8) is 0 Å². The van der Waals surface area contributed by atoms with Gasteiger partial charge in [-0.3, -0.25) is 4.79 Å². The summed E-state index contributed by atoms with van der Waals surface area (Å²) in [6, 6.07) is 6.40. The largest absolute Gasteiger partial charge is 0.497 e. The van der Waals surface area contributed by atoms with Crippen LogP contribution in [0.5, 0.6) is 5.75 Å². The van der Waals surface area contributed by atoms with Gasteiger partial charge in [-0.05, 0) is 17.7 Å². The molecule has 0 saturated heterocycles. The van der Waals surface area contributed by atoms with Crippen LogP contribution in [0.15, 0.2) is 24.3 Å². The lowest BCUT2D eigenvalue weighted by atomic mass is 10.1. The van der Waals surface area contributed by atoms with Crippen LogP contribution in [0.25, 0.3) is 0 Å². The third-order valence-corrected chi connectivity index (χ3v) is 2.40. The molecule has 2 N–H and O–H groups in total. The average Bonchev–Trinajstić information content (AvgIpc) is 2.27. The predicted octanol–water partition coefficient (Wildman–Crippen LogP) is 1.42. The van der Waals surface area contributed by atoms with Crippen molar-refractivity contribution < 1.29 is 19.7 Å². The Labute approximate surface area is 92.1 Å². The van der Waals surface area contributed by atoms with Crippen LogP contribution in [-0.2, 0) is 4.79 Å². The smallest absolute Gasteiger partial charge is 0.324 e. The summed E-state index contributed by atoms with van der Waals surface area (Å²) in [4.78, 5) is 10.5. The molecule has 4 nitrogen and oxygen atoms in total. The van der Waals surface area contributed by atoms with Crippen LogP contribution in [0, 0.1) is 0 Å². The molecule has 2 atom stereocenters. The Bertz CT molecular complexity index is 336. The second-order valence-electron chi connectivity index (χ2n) is 2.96. The lowest BCUT2D eigenvalue weighted by molar-refractivity contribution is -0.138. The van der Waals surface area contributed by atoms with Crippen LogP contribution in [0.2, 0.25) is 0 Å². The van der Waals surface area contributed by atoms with Gasteiger partial charge in [-0.25, -0.2) is 0 Å². The van der Waals surface area contributed by atoms with E-state index < -0.39 is 17.5 Å². The molecule has 0 fully saturated rings. The minimum absolute atomic E-state index is 0.443. The van der Waals surface area contributed by atoms with Gasteiger partial charge in [-0.2, -0.15) is 0 Å². The number of carbonyl (C=O) groups is 1. The van der Waals surface area contributed by atoms with Gasteiger partial charge in [0.1, 0.15) is 11.9 Å². The van der Waals surface area contributed by atoms with Gasteiger partial charge in [-0.15, -0.1) is 11.6 Å². The maximum Gasteiger partial charge on any atom is 0.324 e. The van der Waals surface area contributed by atoms with E-state index in [0.29, 0.717) is 11.3 Å². The Morgan fingerprint density at radius 2 is 1.93 bits per heavy atom. The van der Waals surface area contributed by atoms with Gasteiger partial charge in [0.05, 0.1) is 7.11 Å². The number of hydrogen-bond acceptors (Lipinski definition) is 3. The van der Waals surface area contributed by atoms with E-state index in [-0.39, 0.29) is 0 Å². The highest BCUT2D eigenvalue weighted by atomic mass is 35.5. The first-order chi connectivity index (χ1) is 7.06. The summed E-state index contributed by atoms with van der Waals surface area (Å²) in [7, 11) is 1.52. The molecule has 5 heteroatoms. The predicted molar refractivity (Wildman–Crippen MR) is 55.2 cm³/mol. The molecule has 1 rings (SSSR count). The van der Waals surface area contributed by atoms with Gasteiger partial charge in [0, 0.05) is 0 Å². The molecule has 0 bridgehead atoms. The van der Waals surface area contributed by atoms with Crippen LogP contribution >= 0.6 is 11.6 Å². The van der Waals surface area contributed by atoms with Gasteiger partial charge in [0.25, 0.3) is 0 Å². The molecule has 0 aliphatic carbocycles. The van der Waals surface area contributed by atoms with Gasteiger partial charge in [0.15, 0.2) is 5.38 Å². The number of rotatable bonds is 4. The van der Waals surface area contributed by atoms with E-state index in [2.05, 4.69) is 0 Å². The number of methoxy groups -OCH3 is 1. The molecule has 0 aliphatic heterocycles. The Balaban J connectivity index is 2.82. The first-order valence-electron chi connectivity index (χ1n) is 4.25. The number of aliphatic carboxylic acids is 1. The van der Waals surface area contributed by atoms with E-state index in [1.807, 2.05) is 0 Å². The summed E-state index contributed by atoms with van der Waals surface area (Å²) >= 11 is 5.49. The summed E-state index contributed by atoms with van der Waals surface area (Å²) in [5, 5.41) is 16.8. The number of aliphatic hydroxyl groups excluding tert-OH is 1. The molecule has 0 aromatic heterocycles. The van der Waals surface area contributed by atoms with Crippen molar-refractivity contribution in [3.05, 3.63) is 29.8 Å². The fraction of sp³-hybridized carbons (Fsp3) is 0.300. The molecule has 15 heavy (non-hydrogen) atoms. The van der Waals surface area contributed by atoms with Crippen molar-refractivity contribution >= 4 is 17.6 Å². The lowest BCUT2D eigenvalue weighted by Gasteiger charge is -2.13. The van der Waals surface area contributed by atoms with Gasteiger partial charge >= 0.3 is 5.97 Å². The van der Waals surface area contributed by atoms with Crippen molar-refractivity contribution in [1.29, 1.82) is 0 Å². The van der Waals surface area contributed by atoms with Crippen molar-refractivity contribution in [1.82, 2.24) is 0 Å². The highest BCUT2D eigenvalue weighted by molar-refractivity contribution is 6.30. The van der Waals surface area contributed by atoms with E-state index in [1.165, 1.54) is 7.11 Å². The molecule has 0 spiro atoms. The molecular weight excluding hydrogens is 220 g/mol. The first-order valence-corrected chi connectivity index (χ1v) is 4.69. The van der Waals surface area contributed by atoms with E-state index in [9.17, 15) is 9.90 Å². The minimum Gasteiger partial charge on any atom is -0.497 e. The highest BCUT2D eigenvalue weighted by Gasteiger charge is 2.25. The summed E-state index contributed by atoms with van der Waals surface area (Å²) in [6.07, 6.45) is -1.23. The fourth-order valence-corrected chi connectivity index (χ4v) is 1.25. The van der Waals surface area contributed by atoms with Crippen LogP contribution in [0.3, 0.4) is 0 Å². The average molecular weight is 231 g/mol. The number of carboxylic acids is 1. The van der Waals surface area contributed by atoms with E-state index in [0.717, 1.165) is 0 Å². The topological polar surface area (TPSA) is 66.8 Å². The van der Waals surface area contributed by atoms with Crippen molar-refractivity contribution in [2.24, 2.45) is 0 Å². The Morgan fingerprint density at radius 1 is 1.40 bits per heavy atom. The second kappa shape index (κ2) is 5.00. The molecule has 82 valence electrons. The van der Waals surface area contributed by atoms with Crippen molar-refractivity contribution in [2.75, 3.05) is 7.11 Å². The summed E-state index contributed by atoms with van der Waals surface area (Å²) in [6.45, 7) is 0. The number of ether oxygens (including phenoxy) is 1. The normalized spacial score (nSPS) is 14.3. The highest BCUT2D eigenvalue weighted by Crippen LogP contribution is 2.23. The summed E-state index contributed by atoms with van der Waals surface area (Å²) in [5.41, 5.74) is 0.443. The van der Waals surface area contributed by atoms with E-state index in [4.69, 9.17) is 21.4 Å². The number of alkyl halides is 1. The van der Waals surface area contributed by atoms with Crippen LogP contribution in [0.4, 0.5) is 0 Å². The SMILES string of the molecule is COc1ccc(C(O)C(Cl)C(=O)O)cc1. The maximum absolute atomic E-state index is 10.5. The molecule has 0 radical (unpaired) electrons. The van der Waals surface area contributed by atoms with E-state index in [1.54, 1.807) is 24.3 Å². The minimum atomic E-state index is -1.35. The van der Waals surface area contributed by atoms with Crippen molar-refractivity contribution in [3.8, 4) is 5.75 Å². The maximum atomic E-state index is 10.5. The van der Waals surface area contributed by atoms with Gasteiger partial charge in [0.2, 0.25) is 0 Å². The number of hydrogen-bond donors (Lipinski definition) is 2. The second-order valence-corrected chi connectivity index (χ2v) is 3.43. The number of benzene rings is 1. The molecule has 0 aliphatic rings. The zero-order valence-electron chi connectivity index (χ0n) is 8.05. The Hall–Kier alpha value is -1.26. The monoisotopic (exact) mass is 230 g/mol. The van der Waals surface area contributed by atoms with Crippen molar-refractivity contribution in [2.45, 2.75) is 11.5 Å². The van der Waals surface area contributed by atoms with Gasteiger partial charge < -0.3 is 14.9 Å². The molecule has 0 saturated carbocycles. The third kappa shape index (κ3) is 2.84. The zero-order valence-corrected chi connectivity index (χ0v) is 8.81. The third-order valence-electron chi connectivity index (χ3n) is 1.97. The van der Waals surface area contributed by atoms with E-state index >= 15 is 0 Å². The first kappa shape index (κ1) is 11.8.